The van der Waals surface area contributed by atoms with Crippen molar-refractivity contribution in [2.45, 2.75) is 32.4 Å². The van der Waals surface area contributed by atoms with E-state index in [4.69, 9.17) is 0 Å². The summed E-state index contributed by atoms with van der Waals surface area (Å²) in [5, 5.41) is 0. The lowest BCUT2D eigenvalue weighted by Gasteiger charge is -2.08. The second kappa shape index (κ2) is 6.01. The van der Waals surface area contributed by atoms with E-state index in [0.717, 1.165) is 24.0 Å². The summed E-state index contributed by atoms with van der Waals surface area (Å²) in [7, 11) is -3.18. The highest BCUT2D eigenvalue weighted by molar-refractivity contribution is 7.88. The number of hydrogen-bond acceptors (Lipinski definition) is 2. The lowest BCUT2D eigenvalue weighted by molar-refractivity contribution is 0.577. The van der Waals surface area contributed by atoms with Crippen LogP contribution in [0.2, 0.25) is 0 Å². The fourth-order valence-corrected chi connectivity index (χ4v) is 2.72. The predicted molar refractivity (Wildman–Crippen MR) is 66.7 cm³/mol. The van der Waals surface area contributed by atoms with Gasteiger partial charge in [0.2, 0.25) is 10.0 Å². The zero-order chi connectivity index (χ0) is 12.0. The fraction of sp³-hybridized carbons (Fsp3) is 0.500. The monoisotopic (exact) mass is 241 g/mol. The van der Waals surface area contributed by atoms with Crippen molar-refractivity contribution in [2.75, 3.05) is 6.54 Å². The molecule has 0 aliphatic carbocycles. The molecule has 1 N–H and O–H groups in total. The van der Waals surface area contributed by atoms with Crippen LogP contribution in [-0.4, -0.2) is 15.0 Å². The van der Waals surface area contributed by atoms with Gasteiger partial charge < -0.3 is 0 Å². The average Bonchev–Trinajstić information content (AvgIpc) is 2.21. The summed E-state index contributed by atoms with van der Waals surface area (Å²) in [4.78, 5) is 0. The maximum absolute atomic E-state index is 11.7. The van der Waals surface area contributed by atoms with E-state index in [1.54, 1.807) is 0 Å². The molecular weight excluding hydrogens is 222 g/mol. The molecular formula is C12H19NO2S. The Balaban J connectivity index is 2.63. The molecule has 0 heterocycles. The van der Waals surface area contributed by atoms with Gasteiger partial charge in [-0.15, -0.1) is 0 Å². The lowest BCUT2D eigenvalue weighted by Crippen LogP contribution is -2.26. The van der Waals surface area contributed by atoms with Crippen LogP contribution in [0.1, 0.15) is 30.9 Å². The summed E-state index contributed by atoms with van der Waals surface area (Å²) in [6, 6.07) is 7.56. The molecule has 90 valence electrons. The van der Waals surface area contributed by atoms with Crippen molar-refractivity contribution in [1.29, 1.82) is 0 Å². The molecule has 0 aliphatic heterocycles. The molecule has 0 aliphatic rings. The Morgan fingerprint density at radius 2 is 1.94 bits per heavy atom. The van der Waals surface area contributed by atoms with Crippen LogP contribution in [0.25, 0.3) is 0 Å². The molecule has 0 aromatic heterocycles. The van der Waals surface area contributed by atoms with Gasteiger partial charge in [0.1, 0.15) is 0 Å². The highest BCUT2D eigenvalue weighted by Crippen LogP contribution is 2.10. The van der Waals surface area contributed by atoms with Crippen molar-refractivity contribution in [2.24, 2.45) is 0 Å². The summed E-state index contributed by atoms with van der Waals surface area (Å²) >= 11 is 0. The molecule has 0 amide bonds. The second-order valence-electron chi connectivity index (χ2n) is 3.93. The number of unbranched alkanes of at least 4 members (excludes halogenated alkanes) is 1. The van der Waals surface area contributed by atoms with Crippen LogP contribution >= 0.6 is 0 Å². The van der Waals surface area contributed by atoms with Gasteiger partial charge in [-0.25, -0.2) is 13.1 Å². The Labute approximate surface area is 97.9 Å². The van der Waals surface area contributed by atoms with E-state index in [0.29, 0.717) is 6.54 Å². The first-order valence-electron chi connectivity index (χ1n) is 5.57. The van der Waals surface area contributed by atoms with Crippen molar-refractivity contribution in [3.8, 4) is 0 Å². The Morgan fingerprint density at radius 1 is 1.25 bits per heavy atom. The minimum atomic E-state index is -3.18. The van der Waals surface area contributed by atoms with Crippen LogP contribution in [0.4, 0.5) is 0 Å². The second-order valence-corrected chi connectivity index (χ2v) is 5.74. The van der Waals surface area contributed by atoms with E-state index in [9.17, 15) is 8.42 Å². The Kier molecular flexibility index (Phi) is 4.96. The van der Waals surface area contributed by atoms with Gasteiger partial charge in [0.15, 0.2) is 0 Å². The van der Waals surface area contributed by atoms with Crippen molar-refractivity contribution in [1.82, 2.24) is 4.72 Å². The summed E-state index contributed by atoms with van der Waals surface area (Å²) in [6.45, 7) is 4.50. The minimum absolute atomic E-state index is 0.0728. The zero-order valence-electron chi connectivity index (χ0n) is 9.86. The molecule has 1 aromatic carbocycles. The van der Waals surface area contributed by atoms with Gasteiger partial charge in [-0.2, -0.15) is 0 Å². The van der Waals surface area contributed by atoms with Crippen LogP contribution in [-0.2, 0) is 15.8 Å². The summed E-state index contributed by atoms with van der Waals surface area (Å²) in [5.41, 5.74) is 1.88. The molecule has 0 unspecified atom stereocenters. The largest absolute Gasteiger partial charge is 0.215 e. The summed E-state index contributed by atoms with van der Waals surface area (Å²) in [6.07, 6.45) is 1.87. The maximum Gasteiger partial charge on any atom is 0.215 e. The van der Waals surface area contributed by atoms with Gasteiger partial charge in [-0.05, 0) is 24.5 Å². The zero-order valence-corrected chi connectivity index (χ0v) is 10.7. The SMILES string of the molecule is CCCCNS(=O)(=O)Cc1ccccc1C. The highest BCUT2D eigenvalue weighted by Gasteiger charge is 2.11. The molecule has 1 aromatic rings. The van der Waals surface area contributed by atoms with E-state index < -0.39 is 10.0 Å². The normalized spacial score (nSPS) is 11.6. The average molecular weight is 241 g/mol. The molecule has 0 saturated heterocycles. The molecule has 0 fully saturated rings. The van der Waals surface area contributed by atoms with Gasteiger partial charge in [-0.3, -0.25) is 0 Å². The van der Waals surface area contributed by atoms with Crippen molar-refractivity contribution in [3.05, 3.63) is 35.4 Å². The lowest BCUT2D eigenvalue weighted by atomic mass is 10.1. The predicted octanol–water partition coefficient (Wildman–Crippen LogP) is 2.21. The van der Waals surface area contributed by atoms with Crippen LogP contribution in [0.5, 0.6) is 0 Å². The summed E-state index contributed by atoms with van der Waals surface area (Å²) < 4.78 is 26.0. The van der Waals surface area contributed by atoms with Gasteiger partial charge in [-0.1, -0.05) is 37.6 Å². The third kappa shape index (κ3) is 4.33. The van der Waals surface area contributed by atoms with Gasteiger partial charge in [0.25, 0.3) is 0 Å². The standard InChI is InChI=1S/C12H19NO2S/c1-3-4-9-13-16(14,15)10-12-8-6-5-7-11(12)2/h5-8,13H,3-4,9-10H2,1-2H3. The van der Waals surface area contributed by atoms with Gasteiger partial charge >= 0.3 is 0 Å². The molecule has 3 nitrogen and oxygen atoms in total. The maximum atomic E-state index is 11.7. The minimum Gasteiger partial charge on any atom is -0.215 e. The Morgan fingerprint density at radius 3 is 2.56 bits per heavy atom. The number of nitrogens with one attached hydrogen (secondary N) is 1. The number of benzene rings is 1. The van der Waals surface area contributed by atoms with Crippen LogP contribution in [0.3, 0.4) is 0 Å². The van der Waals surface area contributed by atoms with E-state index >= 15 is 0 Å². The first-order chi connectivity index (χ1) is 7.55. The molecule has 1 rings (SSSR count). The first-order valence-corrected chi connectivity index (χ1v) is 7.22. The number of rotatable bonds is 6. The van der Waals surface area contributed by atoms with E-state index in [1.165, 1.54) is 0 Å². The van der Waals surface area contributed by atoms with Crippen LogP contribution in [0.15, 0.2) is 24.3 Å². The van der Waals surface area contributed by atoms with Gasteiger partial charge in [0, 0.05) is 6.54 Å². The summed E-state index contributed by atoms with van der Waals surface area (Å²) in [5.74, 6) is 0.0728. The van der Waals surface area contributed by atoms with E-state index in [2.05, 4.69) is 4.72 Å². The number of hydrogen-bond donors (Lipinski definition) is 1. The van der Waals surface area contributed by atoms with E-state index in [-0.39, 0.29) is 5.75 Å². The van der Waals surface area contributed by atoms with Crippen molar-refractivity contribution in [3.63, 3.8) is 0 Å². The highest BCUT2D eigenvalue weighted by atomic mass is 32.2. The van der Waals surface area contributed by atoms with Crippen molar-refractivity contribution >= 4 is 10.0 Å². The fourth-order valence-electron chi connectivity index (χ4n) is 1.43. The smallest absolute Gasteiger partial charge is 0.215 e. The Hall–Kier alpha value is -0.870. The molecule has 0 radical (unpaired) electrons. The van der Waals surface area contributed by atoms with Crippen molar-refractivity contribution < 1.29 is 8.42 Å². The van der Waals surface area contributed by atoms with Gasteiger partial charge in [0.05, 0.1) is 5.75 Å². The molecule has 16 heavy (non-hydrogen) atoms. The molecule has 4 heteroatoms. The van der Waals surface area contributed by atoms with Crippen LogP contribution in [0, 0.1) is 6.92 Å². The van der Waals surface area contributed by atoms with Crippen LogP contribution < -0.4 is 4.72 Å². The third-order valence-electron chi connectivity index (χ3n) is 2.46. The Bertz CT molecular complexity index is 426. The topological polar surface area (TPSA) is 46.2 Å². The number of aryl methyl sites for hydroxylation is 1. The number of sulfonamides is 1. The molecule has 0 atom stereocenters. The first kappa shape index (κ1) is 13.2. The quantitative estimate of drug-likeness (QED) is 0.776. The molecule has 0 bridgehead atoms. The molecule has 0 spiro atoms. The third-order valence-corrected chi connectivity index (χ3v) is 3.79. The van der Waals surface area contributed by atoms with E-state index in [1.807, 2.05) is 38.1 Å². The molecule has 0 saturated carbocycles.